The van der Waals surface area contributed by atoms with Crippen LogP contribution in [0.1, 0.15) is 36.4 Å². The van der Waals surface area contributed by atoms with E-state index in [1.807, 2.05) is 18.2 Å². The van der Waals surface area contributed by atoms with Crippen molar-refractivity contribution >= 4 is 11.6 Å². The minimum Gasteiger partial charge on any atom is -0.497 e. The summed E-state index contributed by atoms with van der Waals surface area (Å²) in [5, 5.41) is 3.11. The molecule has 4 rings (SSSR count). The summed E-state index contributed by atoms with van der Waals surface area (Å²) in [7, 11) is 3.76. The molecule has 31 heavy (non-hydrogen) atoms. The van der Waals surface area contributed by atoms with Gasteiger partial charge in [0.25, 0.3) is 5.91 Å². The van der Waals surface area contributed by atoms with Crippen LogP contribution in [0.2, 0.25) is 0 Å². The van der Waals surface area contributed by atoms with Gasteiger partial charge < -0.3 is 19.7 Å². The van der Waals surface area contributed by atoms with Crippen molar-refractivity contribution < 1.29 is 14.3 Å². The summed E-state index contributed by atoms with van der Waals surface area (Å²) in [6, 6.07) is 14.3. The molecule has 2 aliphatic rings. The molecule has 0 spiro atoms. The predicted octanol–water partition coefficient (Wildman–Crippen LogP) is 3.41. The lowest BCUT2D eigenvalue weighted by molar-refractivity contribution is -0.123. The minimum absolute atomic E-state index is 0.00509. The molecule has 1 N–H and O–H groups in total. The first-order valence-corrected chi connectivity index (χ1v) is 11.3. The average molecular weight is 424 g/mol. The summed E-state index contributed by atoms with van der Waals surface area (Å²) in [5.41, 5.74) is 4.04. The van der Waals surface area contributed by atoms with Gasteiger partial charge in [0, 0.05) is 31.9 Å². The standard InChI is InChI=1S/C25H33N3O3/c1-27-14-11-20-15-19(9-10-23(20)27)24(28-12-4-3-5-13-28)17-26-25(29)18-31-22-8-6-7-21(16-22)30-2/h6-10,15-16,24H,3-5,11-14,17-18H2,1-2H3,(H,26,29)/t24-/m0/s1. The predicted molar refractivity (Wildman–Crippen MR) is 123 cm³/mol. The lowest BCUT2D eigenvalue weighted by atomic mass is 9.98. The fourth-order valence-corrected chi connectivity index (χ4v) is 4.58. The van der Waals surface area contributed by atoms with Crippen LogP contribution >= 0.6 is 0 Å². The fourth-order valence-electron chi connectivity index (χ4n) is 4.58. The molecule has 0 unspecified atom stereocenters. The summed E-state index contributed by atoms with van der Waals surface area (Å²) < 4.78 is 10.9. The average Bonchev–Trinajstić information content (AvgIpc) is 3.19. The topological polar surface area (TPSA) is 54.0 Å². The van der Waals surface area contributed by atoms with Gasteiger partial charge >= 0.3 is 0 Å². The normalized spacial score (nSPS) is 17.2. The highest BCUT2D eigenvalue weighted by molar-refractivity contribution is 5.77. The fraction of sp³-hybridized carbons (Fsp3) is 0.480. The molecule has 166 valence electrons. The van der Waals surface area contributed by atoms with Gasteiger partial charge in [-0.1, -0.05) is 24.6 Å². The van der Waals surface area contributed by atoms with Gasteiger partial charge in [0.1, 0.15) is 11.5 Å². The maximum Gasteiger partial charge on any atom is 0.258 e. The molecule has 1 amide bonds. The van der Waals surface area contributed by atoms with Gasteiger partial charge in [0.2, 0.25) is 0 Å². The van der Waals surface area contributed by atoms with Gasteiger partial charge in [0.05, 0.1) is 13.2 Å². The highest BCUT2D eigenvalue weighted by Gasteiger charge is 2.25. The molecule has 0 radical (unpaired) electrons. The Morgan fingerprint density at radius 1 is 1.06 bits per heavy atom. The molecule has 0 aliphatic carbocycles. The van der Waals surface area contributed by atoms with Crippen molar-refractivity contribution in [3.63, 3.8) is 0 Å². The molecule has 1 atom stereocenters. The van der Waals surface area contributed by atoms with Crippen molar-refractivity contribution in [2.24, 2.45) is 0 Å². The zero-order valence-corrected chi connectivity index (χ0v) is 18.6. The molecule has 6 nitrogen and oxygen atoms in total. The van der Waals surface area contributed by atoms with E-state index in [-0.39, 0.29) is 18.6 Å². The van der Waals surface area contributed by atoms with E-state index in [0.29, 0.717) is 18.0 Å². The first-order chi connectivity index (χ1) is 15.1. The number of likely N-dealkylation sites (N-methyl/N-ethyl adjacent to an activating group) is 1. The number of nitrogens with one attached hydrogen (secondary N) is 1. The second-order valence-corrected chi connectivity index (χ2v) is 8.44. The first-order valence-electron chi connectivity index (χ1n) is 11.3. The molecule has 1 saturated heterocycles. The van der Waals surface area contributed by atoms with E-state index in [1.165, 1.54) is 36.1 Å². The van der Waals surface area contributed by atoms with Crippen LogP contribution in [0, 0.1) is 0 Å². The number of hydrogen-bond donors (Lipinski definition) is 1. The van der Waals surface area contributed by atoms with Crippen molar-refractivity contribution in [2.75, 3.05) is 51.8 Å². The largest absolute Gasteiger partial charge is 0.497 e. The lowest BCUT2D eigenvalue weighted by Gasteiger charge is -2.35. The Morgan fingerprint density at radius 3 is 2.68 bits per heavy atom. The Labute approximate surface area is 185 Å². The molecule has 2 heterocycles. The van der Waals surface area contributed by atoms with Gasteiger partial charge in [-0.15, -0.1) is 0 Å². The van der Waals surface area contributed by atoms with Crippen LogP contribution in [-0.4, -0.2) is 57.8 Å². The van der Waals surface area contributed by atoms with E-state index < -0.39 is 0 Å². The third-order valence-electron chi connectivity index (χ3n) is 6.35. The highest BCUT2D eigenvalue weighted by atomic mass is 16.5. The number of rotatable bonds is 8. The van der Waals surface area contributed by atoms with E-state index in [1.54, 1.807) is 13.2 Å². The summed E-state index contributed by atoms with van der Waals surface area (Å²) in [6.07, 6.45) is 4.82. The minimum atomic E-state index is -0.106. The summed E-state index contributed by atoms with van der Waals surface area (Å²) in [4.78, 5) is 17.4. The van der Waals surface area contributed by atoms with Crippen molar-refractivity contribution in [1.82, 2.24) is 10.2 Å². The van der Waals surface area contributed by atoms with Crippen LogP contribution in [-0.2, 0) is 11.2 Å². The zero-order valence-electron chi connectivity index (χ0n) is 18.6. The Hall–Kier alpha value is -2.73. The van der Waals surface area contributed by atoms with Crippen LogP contribution in [0.25, 0.3) is 0 Å². The summed E-state index contributed by atoms with van der Waals surface area (Å²) in [6.45, 7) is 3.82. The molecule has 0 bridgehead atoms. The third kappa shape index (κ3) is 5.31. The number of benzene rings is 2. The number of fused-ring (bicyclic) bond motifs is 1. The van der Waals surface area contributed by atoms with E-state index in [0.717, 1.165) is 26.1 Å². The smallest absolute Gasteiger partial charge is 0.258 e. The van der Waals surface area contributed by atoms with Crippen molar-refractivity contribution in [3.05, 3.63) is 53.6 Å². The number of ether oxygens (including phenoxy) is 2. The van der Waals surface area contributed by atoms with Crippen LogP contribution in [0.5, 0.6) is 11.5 Å². The monoisotopic (exact) mass is 423 g/mol. The second-order valence-electron chi connectivity index (χ2n) is 8.44. The Morgan fingerprint density at radius 2 is 1.87 bits per heavy atom. The van der Waals surface area contributed by atoms with Gasteiger partial charge in [-0.2, -0.15) is 0 Å². The van der Waals surface area contributed by atoms with E-state index in [4.69, 9.17) is 9.47 Å². The molecule has 2 aliphatic heterocycles. The number of likely N-dealkylation sites (tertiary alicyclic amines) is 1. The Bertz CT molecular complexity index is 895. The molecular formula is C25H33N3O3. The van der Waals surface area contributed by atoms with Gasteiger partial charge in [0.15, 0.2) is 6.61 Å². The maximum absolute atomic E-state index is 12.5. The van der Waals surface area contributed by atoms with Crippen LogP contribution in [0.4, 0.5) is 5.69 Å². The van der Waals surface area contributed by atoms with Crippen molar-refractivity contribution in [3.8, 4) is 11.5 Å². The first kappa shape index (κ1) is 21.5. The molecule has 2 aromatic carbocycles. The van der Waals surface area contributed by atoms with Gasteiger partial charge in [-0.05, 0) is 61.7 Å². The zero-order chi connectivity index (χ0) is 21.6. The van der Waals surface area contributed by atoms with E-state index >= 15 is 0 Å². The van der Waals surface area contributed by atoms with Gasteiger partial charge in [-0.3, -0.25) is 9.69 Å². The Kier molecular flexibility index (Phi) is 6.97. The molecule has 2 aromatic rings. The second kappa shape index (κ2) is 10.1. The number of piperidine rings is 1. The molecular weight excluding hydrogens is 390 g/mol. The number of carbonyl (C=O) groups is 1. The van der Waals surface area contributed by atoms with Crippen LogP contribution < -0.4 is 19.7 Å². The quantitative estimate of drug-likeness (QED) is 0.705. The van der Waals surface area contributed by atoms with E-state index in [9.17, 15) is 4.79 Å². The van der Waals surface area contributed by atoms with Crippen LogP contribution in [0.3, 0.4) is 0 Å². The number of methoxy groups -OCH3 is 1. The Balaban J connectivity index is 1.40. The number of nitrogens with zero attached hydrogens (tertiary/aromatic N) is 2. The molecule has 0 aromatic heterocycles. The third-order valence-corrected chi connectivity index (χ3v) is 6.35. The van der Waals surface area contributed by atoms with Crippen molar-refractivity contribution in [1.29, 1.82) is 0 Å². The number of anilines is 1. The molecule has 1 fully saturated rings. The van der Waals surface area contributed by atoms with Gasteiger partial charge in [-0.25, -0.2) is 0 Å². The van der Waals surface area contributed by atoms with Crippen LogP contribution in [0.15, 0.2) is 42.5 Å². The SMILES string of the molecule is COc1cccc(OCC(=O)NC[C@@H](c2ccc3c(c2)CCN3C)N2CCCCC2)c1. The highest BCUT2D eigenvalue weighted by Crippen LogP contribution is 2.32. The molecule has 0 saturated carbocycles. The maximum atomic E-state index is 12.5. The molecule has 6 heteroatoms. The summed E-state index contributed by atoms with van der Waals surface area (Å²) in [5.74, 6) is 1.24. The van der Waals surface area contributed by atoms with Crippen molar-refractivity contribution in [2.45, 2.75) is 31.7 Å². The number of amides is 1. The van der Waals surface area contributed by atoms with E-state index in [2.05, 4.69) is 40.4 Å². The number of carbonyl (C=O) groups excluding carboxylic acids is 1. The number of hydrogen-bond acceptors (Lipinski definition) is 5. The summed E-state index contributed by atoms with van der Waals surface area (Å²) >= 11 is 0. The lowest BCUT2D eigenvalue weighted by Crippen LogP contribution is -2.41.